The molecule has 0 aromatic carbocycles. The molecule has 32 heavy (non-hydrogen) atoms. The Bertz CT molecular complexity index is 599. The van der Waals surface area contributed by atoms with Crippen LogP contribution in [0.25, 0.3) is 0 Å². The summed E-state index contributed by atoms with van der Waals surface area (Å²) in [5.41, 5.74) is -1.53. The quantitative estimate of drug-likeness (QED) is 0.163. The van der Waals surface area contributed by atoms with Crippen molar-refractivity contribution in [2.75, 3.05) is 19.8 Å². The number of unbranched alkanes of at least 4 members (excludes halogenated alkanes) is 2. The first-order chi connectivity index (χ1) is 15.6. The molecule has 5 nitrogen and oxygen atoms in total. The van der Waals surface area contributed by atoms with E-state index in [2.05, 4.69) is 67.7 Å². The van der Waals surface area contributed by atoms with Gasteiger partial charge in [0, 0.05) is 12.5 Å². The number of allylic oxidation sites excluding steroid dienone is 10. The second kappa shape index (κ2) is 20.9. The number of rotatable bonds is 20. The third kappa shape index (κ3) is 13.5. The van der Waals surface area contributed by atoms with Gasteiger partial charge in [-0.05, 0) is 57.8 Å². The number of carbonyl (C=O) groups is 1. The lowest BCUT2D eigenvalue weighted by Crippen LogP contribution is -2.51. The molecule has 0 aliphatic rings. The predicted octanol–water partition coefficient (Wildman–Crippen LogP) is 5.76. The average molecular weight is 449 g/mol. The minimum Gasteiger partial charge on any atom is -0.479 e. The number of hydrogen-bond acceptors (Lipinski definition) is 4. The third-order valence-corrected chi connectivity index (χ3v) is 5.27. The zero-order chi connectivity index (χ0) is 23.9. The molecule has 1 atom stereocenters. The zero-order valence-corrected chi connectivity index (χ0v) is 20.0. The minimum absolute atomic E-state index is 0.197. The van der Waals surface area contributed by atoms with Crippen molar-refractivity contribution in [3.05, 3.63) is 60.8 Å². The van der Waals surface area contributed by atoms with E-state index in [-0.39, 0.29) is 6.42 Å². The molecule has 0 aromatic rings. The molecule has 0 rings (SSSR count). The van der Waals surface area contributed by atoms with Gasteiger partial charge in [0.1, 0.15) is 0 Å². The molecule has 1 unspecified atom stereocenters. The zero-order valence-electron chi connectivity index (χ0n) is 20.0. The van der Waals surface area contributed by atoms with Gasteiger partial charge >= 0.3 is 5.97 Å². The molecule has 0 saturated carbocycles. The van der Waals surface area contributed by atoms with Gasteiger partial charge in [0.15, 0.2) is 5.60 Å². The van der Waals surface area contributed by atoms with Gasteiger partial charge in [-0.2, -0.15) is 0 Å². The molecule has 3 N–H and O–H groups in total. The largest absolute Gasteiger partial charge is 0.479 e. The van der Waals surface area contributed by atoms with Crippen LogP contribution in [0.2, 0.25) is 0 Å². The fraction of sp³-hybridized carbons (Fsp3) is 0.593. The molecule has 0 aromatic heterocycles. The van der Waals surface area contributed by atoms with E-state index in [1.807, 2.05) is 0 Å². The van der Waals surface area contributed by atoms with Gasteiger partial charge in [0.05, 0.1) is 13.2 Å². The van der Waals surface area contributed by atoms with E-state index >= 15 is 0 Å². The van der Waals surface area contributed by atoms with Crippen LogP contribution in [0, 0.1) is 5.92 Å². The summed E-state index contributed by atoms with van der Waals surface area (Å²) in [5.74, 6) is -1.96. The van der Waals surface area contributed by atoms with E-state index in [0.717, 1.165) is 51.4 Å². The number of aliphatic hydroxyl groups is 2. The fourth-order valence-corrected chi connectivity index (χ4v) is 3.24. The molecule has 0 bridgehead atoms. The highest BCUT2D eigenvalue weighted by molar-refractivity contribution is 5.78. The Kier molecular flexibility index (Phi) is 19.7. The van der Waals surface area contributed by atoms with Crippen molar-refractivity contribution < 1.29 is 24.9 Å². The van der Waals surface area contributed by atoms with Crippen molar-refractivity contribution in [1.82, 2.24) is 0 Å². The van der Waals surface area contributed by atoms with Gasteiger partial charge in [-0.25, -0.2) is 4.79 Å². The van der Waals surface area contributed by atoms with Crippen molar-refractivity contribution in [3.63, 3.8) is 0 Å². The molecule has 0 heterocycles. The number of ether oxygens (including phenoxy) is 1. The van der Waals surface area contributed by atoms with Crippen molar-refractivity contribution in [1.29, 1.82) is 0 Å². The van der Waals surface area contributed by atoms with Crippen LogP contribution in [0.5, 0.6) is 0 Å². The van der Waals surface area contributed by atoms with Crippen LogP contribution < -0.4 is 0 Å². The summed E-state index contributed by atoms with van der Waals surface area (Å²) >= 11 is 0. The topological polar surface area (TPSA) is 87.0 Å². The van der Waals surface area contributed by atoms with Gasteiger partial charge in [-0.3, -0.25) is 0 Å². The maximum absolute atomic E-state index is 11.7. The summed E-state index contributed by atoms with van der Waals surface area (Å²) in [6.45, 7) is 3.29. The summed E-state index contributed by atoms with van der Waals surface area (Å²) in [6, 6.07) is 0. The summed E-state index contributed by atoms with van der Waals surface area (Å²) in [4.78, 5) is 11.7. The molecule has 0 aliphatic carbocycles. The van der Waals surface area contributed by atoms with Crippen LogP contribution in [0.3, 0.4) is 0 Å². The summed E-state index contributed by atoms with van der Waals surface area (Å²) in [7, 11) is 0. The Hall–Kier alpha value is -1.95. The monoisotopic (exact) mass is 448 g/mol. The predicted molar refractivity (Wildman–Crippen MR) is 133 cm³/mol. The van der Waals surface area contributed by atoms with Crippen LogP contribution in [-0.2, 0) is 9.53 Å². The molecule has 182 valence electrons. The molecule has 0 saturated heterocycles. The van der Waals surface area contributed by atoms with E-state index in [9.17, 15) is 20.1 Å². The normalized spacial score (nSPS) is 14.8. The highest BCUT2D eigenvalue weighted by atomic mass is 16.5. The highest BCUT2D eigenvalue weighted by Crippen LogP contribution is 2.27. The Morgan fingerprint density at radius 3 is 1.66 bits per heavy atom. The third-order valence-electron chi connectivity index (χ3n) is 5.27. The molecular weight excluding hydrogens is 404 g/mol. The van der Waals surface area contributed by atoms with Crippen molar-refractivity contribution >= 4 is 5.97 Å². The SMILES string of the molecule is CC/C=C\C/C=C\C/C=C\C/C=C\C/C=C\CCCCOC(CC)(C(=O)O)C(CO)CO. The van der Waals surface area contributed by atoms with Gasteiger partial charge in [0.25, 0.3) is 0 Å². The first-order valence-electron chi connectivity index (χ1n) is 11.9. The molecule has 0 radical (unpaired) electrons. The maximum Gasteiger partial charge on any atom is 0.336 e. The Morgan fingerprint density at radius 2 is 1.25 bits per heavy atom. The molecule has 0 spiro atoms. The number of carboxylic acid groups (broad SMARTS) is 1. The van der Waals surface area contributed by atoms with E-state index in [1.54, 1.807) is 6.92 Å². The Labute approximate surface area is 194 Å². The molecule has 0 fully saturated rings. The molecule has 0 amide bonds. The van der Waals surface area contributed by atoms with Crippen LogP contribution in [0.4, 0.5) is 0 Å². The van der Waals surface area contributed by atoms with Crippen LogP contribution in [0.15, 0.2) is 60.8 Å². The Morgan fingerprint density at radius 1 is 0.781 bits per heavy atom. The number of carboxylic acids is 1. The number of aliphatic carboxylic acids is 1. The maximum atomic E-state index is 11.7. The van der Waals surface area contributed by atoms with Crippen LogP contribution >= 0.6 is 0 Å². The summed E-state index contributed by atoms with van der Waals surface area (Å²) < 4.78 is 5.64. The smallest absolute Gasteiger partial charge is 0.336 e. The number of aliphatic hydroxyl groups excluding tert-OH is 2. The molecular formula is C27H44O5. The van der Waals surface area contributed by atoms with E-state index in [1.165, 1.54) is 0 Å². The second-order valence-electron chi connectivity index (χ2n) is 7.66. The van der Waals surface area contributed by atoms with Crippen molar-refractivity contribution in [2.24, 2.45) is 5.92 Å². The van der Waals surface area contributed by atoms with Crippen molar-refractivity contribution in [3.8, 4) is 0 Å². The van der Waals surface area contributed by atoms with E-state index < -0.39 is 30.7 Å². The lowest BCUT2D eigenvalue weighted by atomic mass is 9.85. The second-order valence-corrected chi connectivity index (χ2v) is 7.66. The van der Waals surface area contributed by atoms with Crippen LogP contribution in [-0.4, -0.2) is 46.7 Å². The first kappa shape index (κ1) is 30.0. The fourth-order valence-electron chi connectivity index (χ4n) is 3.24. The summed E-state index contributed by atoms with van der Waals surface area (Å²) in [5, 5.41) is 28.3. The van der Waals surface area contributed by atoms with Crippen molar-refractivity contribution in [2.45, 2.75) is 77.2 Å². The minimum atomic E-state index is -1.53. The van der Waals surface area contributed by atoms with Gasteiger partial charge in [-0.1, -0.05) is 74.6 Å². The lowest BCUT2D eigenvalue weighted by molar-refractivity contribution is -0.181. The van der Waals surface area contributed by atoms with Crippen LogP contribution in [0.1, 0.15) is 71.6 Å². The first-order valence-corrected chi connectivity index (χ1v) is 11.9. The summed E-state index contributed by atoms with van der Waals surface area (Å²) in [6.07, 6.45) is 29.4. The highest BCUT2D eigenvalue weighted by Gasteiger charge is 2.45. The lowest BCUT2D eigenvalue weighted by Gasteiger charge is -2.34. The van der Waals surface area contributed by atoms with E-state index in [4.69, 9.17) is 4.74 Å². The number of hydrogen-bond donors (Lipinski definition) is 3. The molecule has 0 aliphatic heterocycles. The molecule has 5 heteroatoms. The van der Waals surface area contributed by atoms with E-state index in [0.29, 0.717) is 6.61 Å². The Balaban J connectivity index is 3.92. The van der Waals surface area contributed by atoms with Gasteiger partial charge in [0.2, 0.25) is 0 Å². The van der Waals surface area contributed by atoms with Gasteiger partial charge < -0.3 is 20.1 Å². The average Bonchev–Trinajstić information content (AvgIpc) is 2.79. The standard InChI is InChI=1S/C27H44O5/c1-3-5-6-7-8-9-10-11-12-13-14-15-16-17-18-19-20-21-22-32-27(4-2,26(30)31)25(23-28)24-29/h5-6,8-9,11-12,14-15,17-18,25,28-29H,3-4,7,10,13,16,19-24H2,1-2H3,(H,30,31)/b6-5-,9-8-,12-11-,15-14-,18-17-. The van der Waals surface area contributed by atoms with Gasteiger partial charge in [-0.15, -0.1) is 0 Å².